The monoisotopic (exact) mass is 378 g/mol. The van der Waals surface area contributed by atoms with Gasteiger partial charge in [0.25, 0.3) is 0 Å². The molecule has 0 spiro atoms. The zero-order valence-corrected chi connectivity index (χ0v) is 15.7. The van der Waals surface area contributed by atoms with Crippen LogP contribution in [0.1, 0.15) is 17.2 Å². The van der Waals surface area contributed by atoms with Gasteiger partial charge in [-0.15, -0.1) is 0 Å². The summed E-state index contributed by atoms with van der Waals surface area (Å²) in [6.45, 7) is 0.511. The molecule has 2 aromatic heterocycles. The molecule has 27 heavy (non-hydrogen) atoms. The van der Waals surface area contributed by atoms with E-state index in [2.05, 4.69) is 22.1 Å². The van der Waals surface area contributed by atoms with E-state index in [1.165, 1.54) is 12.1 Å². The summed E-state index contributed by atoms with van der Waals surface area (Å²) in [6, 6.07) is 22.6. The van der Waals surface area contributed by atoms with Crippen LogP contribution in [0.4, 0.5) is 4.39 Å². The van der Waals surface area contributed by atoms with E-state index in [1.54, 1.807) is 0 Å². The predicted octanol–water partition coefficient (Wildman–Crippen LogP) is 4.68. The Morgan fingerprint density at radius 2 is 1.63 bits per heavy atom. The summed E-state index contributed by atoms with van der Waals surface area (Å²) in [5.41, 5.74) is 2.95. The highest BCUT2D eigenvalue weighted by Gasteiger charge is 2.20. The first-order chi connectivity index (χ1) is 13.1. The lowest BCUT2D eigenvalue weighted by Crippen LogP contribution is -2.28. The van der Waals surface area contributed by atoms with Crippen LogP contribution in [-0.4, -0.2) is 26.1 Å². The van der Waals surface area contributed by atoms with Gasteiger partial charge in [0.1, 0.15) is 5.82 Å². The number of fused-ring (bicyclic) bond motifs is 1. The zero-order valence-electron chi connectivity index (χ0n) is 14.9. The molecule has 2 heterocycles. The van der Waals surface area contributed by atoms with Crippen molar-refractivity contribution in [1.29, 1.82) is 0 Å². The molecule has 6 heteroatoms. The molecule has 0 bridgehead atoms. The van der Waals surface area contributed by atoms with Crippen LogP contribution in [0.2, 0.25) is 0 Å². The molecule has 1 atom stereocenters. The van der Waals surface area contributed by atoms with Crippen molar-refractivity contribution in [2.24, 2.45) is 0 Å². The van der Waals surface area contributed by atoms with E-state index in [4.69, 9.17) is 12.2 Å². The normalized spacial score (nSPS) is 12.6. The maximum Gasteiger partial charge on any atom is 0.203 e. The molecule has 2 aromatic carbocycles. The van der Waals surface area contributed by atoms with E-state index in [9.17, 15) is 4.39 Å². The molecule has 0 fully saturated rings. The first kappa shape index (κ1) is 17.6. The summed E-state index contributed by atoms with van der Waals surface area (Å²) in [5, 5.41) is 4.61. The second kappa shape index (κ2) is 7.42. The van der Waals surface area contributed by atoms with Gasteiger partial charge >= 0.3 is 0 Å². The highest BCUT2D eigenvalue weighted by molar-refractivity contribution is 7.71. The van der Waals surface area contributed by atoms with Crippen LogP contribution in [0.3, 0.4) is 0 Å². The van der Waals surface area contributed by atoms with Crippen molar-refractivity contribution in [2.75, 3.05) is 7.05 Å². The largest absolute Gasteiger partial charge is 0.276 e. The zero-order chi connectivity index (χ0) is 18.8. The average molecular weight is 378 g/mol. The molecule has 4 aromatic rings. The smallest absolute Gasteiger partial charge is 0.203 e. The number of nitrogens with zero attached hydrogens (tertiary/aromatic N) is 4. The minimum absolute atomic E-state index is 0.0430. The van der Waals surface area contributed by atoms with Gasteiger partial charge in [-0.2, -0.15) is 5.10 Å². The third kappa shape index (κ3) is 3.54. The van der Waals surface area contributed by atoms with Gasteiger partial charge < -0.3 is 0 Å². The lowest BCUT2D eigenvalue weighted by molar-refractivity contribution is 0.208. The van der Waals surface area contributed by atoms with Crippen LogP contribution in [-0.2, 0) is 6.67 Å². The minimum atomic E-state index is -0.240. The van der Waals surface area contributed by atoms with Gasteiger partial charge in [-0.05, 0) is 54.7 Å². The second-order valence-corrected chi connectivity index (χ2v) is 6.84. The Balaban J connectivity index is 1.72. The van der Waals surface area contributed by atoms with Gasteiger partial charge in [-0.3, -0.25) is 9.30 Å². The van der Waals surface area contributed by atoms with Crippen molar-refractivity contribution in [2.45, 2.75) is 12.7 Å². The van der Waals surface area contributed by atoms with Crippen LogP contribution >= 0.6 is 12.2 Å². The number of benzene rings is 2. The topological polar surface area (TPSA) is 25.5 Å². The summed E-state index contributed by atoms with van der Waals surface area (Å²) < 4.78 is 17.8. The Kier molecular flexibility index (Phi) is 4.83. The number of hydrogen-bond acceptors (Lipinski definition) is 3. The molecule has 0 saturated carbocycles. The van der Waals surface area contributed by atoms with Gasteiger partial charge in [-0.1, -0.05) is 48.5 Å². The Morgan fingerprint density at radius 1 is 0.963 bits per heavy atom. The van der Waals surface area contributed by atoms with Crippen LogP contribution in [0, 0.1) is 10.6 Å². The first-order valence-electron chi connectivity index (χ1n) is 8.68. The Labute approximate surface area is 162 Å². The molecule has 4 nitrogen and oxygen atoms in total. The summed E-state index contributed by atoms with van der Waals surface area (Å²) in [7, 11) is 2.02. The number of hydrogen-bond donors (Lipinski definition) is 0. The van der Waals surface area contributed by atoms with E-state index < -0.39 is 0 Å². The van der Waals surface area contributed by atoms with E-state index >= 15 is 0 Å². The molecular weight excluding hydrogens is 359 g/mol. The van der Waals surface area contributed by atoms with E-state index in [0.717, 1.165) is 16.8 Å². The highest BCUT2D eigenvalue weighted by Crippen LogP contribution is 2.28. The highest BCUT2D eigenvalue weighted by atomic mass is 32.1. The molecule has 4 rings (SSSR count). The molecule has 0 aliphatic heterocycles. The van der Waals surface area contributed by atoms with E-state index in [1.807, 2.05) is 70.9 Å². The maximum absolute atomic E-state index is 13.4. The standard InChI is InChI=1S/C21H19FN4S/c1-24(15-26-21(27)25-14-6-5-9-19(25)23-26)20(16-7-3-2-4-8-16)17-10-12-18(22)13-11-17/h2-14,20H,15H2,1H3/t20-/m1/s1. The summed E-state index contributed by atoms with van der Waals surface area (Å²) in [4.78, 5) is 2.16. The molecule has 136 valence electrons. The molecule has 0 N–H and O–H groups in total. The van der Waals surface area contributed by atoms with Crippen molar-refractivity contribution in [3.63, 3.8) is 0 Å². The first-order valence-corrected chi connectivity index (χ1v) is 9.09. The van der Waals surface area contributed by atoms with Gasteiger partial charge in [-0.25, -0.2) is 9.07 Å². The lowest BCUT2D eigenvalue weighted by Gasteiger charge is -2.28. The van der Waals surface area contributed by atoms with Crippen molar-refractivity contribution in [3.8, 4) is 0 Å². The summed E-state index contributed by atoms with van der Waals surface area (Å²) in [5.74, 6) is -0.240. The van der Waals surface area contributed by atoms with E-state index in [0.29, 0.717) is 11.4 Å². The molecular formula is C21H19FN4S. The molecule has 0 amide bonds. The Bertz CT molecular complexity index is 1100. The quantitative estimate of drug-likeness (QED) is 0.472. The van der Waals surface area contributed by atoms with Gasteiger partial charge in [0.2, 0.25) is 4.77 Å². The summed E-state index contributed by atoms with van der Waals surface area (Å²) >= 11 is 5.57. The number of halogens is 1. The fourth-order valence-electron chi connectivity index (χ4n) is 3.33. The van der Waals surface area contributed by atoms with Gasteiger partial charge in [0.05, 0.1) is 12.7 Å². The van der Waals surface area contributed by atoms with Gasteiger partial charge in [0, 0.05) is 6.20 Å². The van der Waals surface area contributed by atoms with Crippen LogP contribution in [0.5, 0.6) is 0 Å². The van der Waals surface area contributed by atoms with Crippen LogP contribution in [0.15, 0.2) is 79.0 Å². The average Bonchev–Trinajstić information content (AvgIpc) is 3.00. The molecule has 0 saturated heterocycles. The summed E-state index contributed by atoms with van der Waals surface area (Å²) in [6.07, 6.45) is 1.91. The maximum atomic E-state index is 13.4. The second-order valence-electron chi connectivity index (χ2n) is 6.47. The van der Waals surface area contributed by atoms with Crippen molar-refractivity contribution >= 4 is 17.9 Å². The van der Waals surface area contributed by atoms with Crippen LogP contribution < -0.4 is 0 Å². The lowest BCUT2D eigenvalue weighted by atomic mass is 9.98. The van der Waals surface area contributed by atoms with Crippen molar-refractivity contribution in [3.05, 3.63) is 101 Å². The van der Waals surface area contributed by atoms with Crippen molar-refractivity contribution < 1.29 is 4.39 Å². The minimum Gasteiger partial charge on any atom is -0.276 e. The van der Waals surface area contributed by atoms with E-state index in [-0.39, 0.29) is 11.9 Å². The SMILES string of the molecule is CN(Cn1nc2ccccn2c1=S)[C@H](c1ccccc1)c1ccc(F)cc1. The fourth-order valence-corrected chi connectivity index (χ4v) is 3.59. The molecule has 0 aliphatic rings. The number of rotatable bonds is 5. The van der Waals surface area contributed by atoms with Crippen molar-refractivity contribution in [1.82, 2.24) is 19.1 Å². The van der Waals surface area contributed by atoms with Crippen LogP contribution in [0.25, 0.3) is 5.65 Å². The third-order valence-electron chi connectivity index (χ3n) is 4.59. The molecule has 0 unspecified atom stereocenters. The third-order valence-corrected chi connectivity index (χ3v) is 4.99. The predicted molar refractivity (Wildman–Crippen MR) is 106 cm³/mol. The fraction of sp³-hybridized carbons (Fsp3) is 0.143. The molecule has 0 radical (unpaired) electrons. The Hall–Kier alpha value is -2.83. The Morgan fingerprint density at radius 3 is 2.33 bits per heavy atom. The number of aromatic nitrogens is 3. The van der Waals surface area contributed by atoms with Gasteiger partial charge in [0.15, 0.2) is 5.65 Å². The molecule has 0 aliphatic carbocycles. The number of pyridine rings is 1.